The highest BCUT2D eigenvalue weighted by Gasteiger charge is 2.25. The van der Waals surface area contributed by atoms with Crippen LogP contribution in [0.15, 0.2) is 4.99 Å². The first-order valence-corrected chi connectivity index (χ1v) is 9.89. The first-order chi connectivity index (χ1) is 11.6. The Labute approximate surface area is 171 Å². The summed E-state index contributed by atoms with van der Waals surface area (Å²) in [6, 6.07) is 0.323. The van der Waals surface area contributed by atoms with Gasteiger partial charge in [0.15, 0.2) is 5.96 Å². The van der Waals surface area contributed by atoms with E-state index in [9.17, 15) is 4.79 Å². The third-order valence-electron chi connectivity index (χ3n) is 4.49. The maximum absolute atomic E-state index is 11.8. The summed E-state index contributed by atoms with van der Waals surface area (Å²) in [5, 5.41) is 6.81. The molecule has 1 aliphatic rings. The van der Waals surface area contributed by atoms with Gasteiger partial charge >= 0.3 is 0 Å². The van der Waals surface area contributed by atoms with Crippen LogP contribution in [-0.4, -0.2) is 49.0 Å². The third-order valence-corrected chi connectivity index (χ3v) is 4.49. The van der Waals surface area contributed by atoms with Crippen molar-refractivity contribution >= 4 is 35.8 Å². The lowest BCUT2D eigenvalue weighted by Crippen LogP contribution is -2.45. The SMILES string of the molecule is CCNC(=NCCCCCCC(C)C)NC1CCN(C(=O)CC)C1.I. The molecule has 1 heterocycles. The lowest BCUT2D eigenvalue weighted by molar-refractivity contribution is -0.129. The van der Waals surface area contributed by atoms with Gasteiger partial charge in [0, 0.05) is 38.6 Å². The van der Waals surface area contributed by atoms with Crippen LogP contribution in [0.4, 0.5) is 0 Å². The fraction of sp³-hybridized carbons (Fsp3) is 0.895. The summed E-state index contributed by atoms with van der Waals surface area (Å²) in [6.45, 7) is 12.0. The second-order valence-electron chi connectivity index (χ2n) is 7.18. The molecule has 6 heteroatoms. The smallest absolute Gasteiger partial charge is 0.222 e. The number of carbonyl (C=O) groups excluding carboxylic acids is 1. The van der Waals surface area contributed by atoms with Gasteiger partial charge < -0.3 is 15.5 Å². The van der Waals surface area contributed by atoms with Crippen molar-refractivity contribution in [2.24, 2.45) is 10.9 Å². The highest BCUT2D eigenvalue weighted by molar-refractivity contribution is 14.0. The number of rotatable bonds is 10. The molecule has 5 nitrogen and oxygen atoms in total. The molecule has 0 aromatic heterocycles. The van der Waals surface area contributed by atoms with Crippen molar-refractivity contribution in [2.45, 2.75) is 78.7 Å². The highest BCUT2D eigenvalue weighted by atomic mass is 127. The molecule has 0 saturated carbocycles. The topological polar surface area (TPSA) is 56.7 Å². The average molecular weight is 466 g/mol. The van der Waals surface area contributed by atoms with Crippen LogP contribution in [0.2, 0.25) is 0 Å². The number of carbonyl (C=O) groups is 1. The van der Waals surface area contributed by atoms with Crippen molar-refractivity contribution in [1.29, 1.82) is 0 Å². The zero-order valence-corrected chi connectivity index (χ0v) is 19.0. The summed E-state index contributed by atoms with van der Waals surface area (Å²) in [4.78, 5) is 18.4. The van der Waals surface area contributed by atoms with E-state index in [1.54, 1.807) is 0 Å². The summed E-state index contributed by atoms with van der Waals surface area (Å²) < 4.78 is 0. The molecule has 0 spiro atoms. The Balaban J connectivity index is 0.00000576. The Hall–Kier alpha value is -0.530. The van der Waals surface area contributed by atoms with Crippen molar-refractivity contribution in [3.05, 3.63) is 0 Å². The molecule has 0 aromatic carbocycles. The molecule has 1 amide bonds. The molecule has 0 aliphatic carbocycles. The Kier molecular flexibility index (Phi) is 14.3. The van der Waals surface area contributed by atoms with Crippen LogP contribution in [0, 0.1) is 5.92 Å². The number of hydrogen-bond acceptors (Lipinski definition) is 2. The maximum Gasteiger partial charge on any atom is 0.222 e. The van der Waals surface area contributed by atoms with E-state index in [0.29, 0.717) is 12.5 Å². The predicted molar refractivity (Wildman–Crippen MR) is 118 cm³/mol. The van der Waals surface area contributed by atoms with Gasteiger partial charge in [-0.15, -0.1) is 24.0 Å². The number of nitrogens with one attached hydrogen (secondary N) is 2. The van der Waals surface area contributed by atoms with Crippen LogP contribution in [0.3, 0.4) is 0 Å². The summed E-state index contributed by atoms with van der Waals surface area (Å²) in [6.07, 6.45) is 8.00. The van der Waals surface area contributed by atoms with E-state index in [-0.39, 0.29) is 29.9 Å². The van der Waals surface area contributed by atoms with Gasteiger partial charge in [0.2, 0.25) is 5.91 Å². The van der Waals surface area contributed by atoms with Gasteiger partial charge in [-0.25, -0.2) is 0 Å². The minimum absolute atomic E-state index is 0. The van der Waals surface area contributed by atoms with Crippen LogP contribution in [-0.2, 0) is 4.79 Å². The van der Waals surface area contributed by atoms with Gasteiger partial charge in [0.05, 0.1) is 0 Å². The van der Waals surface area contributed by atoms with E-state index >= 15 is 0 Å². The highest BCUT2D eigenvalue weighted by Crippen LogP contribution is 2.11. The number of likely N-dealkylation sites (tertiary alicyclic amines) is 1. The molecule has 1 atom stereocenters. The predicted octanol–water partition coefficient (Wildman–Crippen LogP) is 3.78. The van der Waals surface area contributed by atoms with E-state index in [1.165, 1.54) is 25.7 Å². The fourth-order valence-corrected chi connectivity index (χ4v) is 3.05. The summed E-state index contributed by atoms with van der Waals surface area (Å²) in [5.74, 6) is 1.97. The van der Waals surface area contributed by atoms with E-state index in [1.807, 2.05) is 11.8 Å². The Morgan fingerprint density at radius 3 is 2.56 bits per heavy atom. The summed E-state index contributed by atoms with van der Waals surface area (Å²) in [5.41, 5.74) is 0. The zero-order chi connectivity index (χ0) is 17.8. The first-order valence-electron chi connectivity index (χ1n) is 9.89. The Bertz CT molecular complexity index is 388. The molecule has 25 heavy (non-hydrogen) atoms. The number of unbranched alkanes of at least 4 members (excludes halogenated alkanes) is 3. The number of nitrogens with zero attached hydrogens (tertiary/aromatic N) is 2. The second kappa shape index (κ2) is 14.6. The first kappa shape index (κ1) is 24.5. The lowest BCUT2D eigenvalue weighted by Gasteiger charge is -2.18. The van der Waals surface area contributed by atoms with E-state index in [2.05, 4.69) is 31.4 Å². The standard InChI is InChI=1S/C19H38N4O.HI/c1-5-18(24)23-14-12-17(15-23)22-19(20-6-2)21-13-10-8-7-9-11-16(3)4;/h16-17H,5-15H2,1-4H3,(H2,20,21,22);1H. The zero-order valence-electron chi connectivity index (χ0n) is 16.6. The van der Waals surface area contributed by atoms with Crippen LogP contribution in [0.5, 0.6) is 0 Å². The van der Waals surface area contributed by atoms with Crippen molar-refractivity contribution in [3.8, 4) is 0 Å². The molecule has 148 valence electrons. The summed E-state index contributed by atoms with van der Waals surface area (Å²) in [7, 11) is 0. The van der Waals surface area contributed by atoms with Crippen molar-refractivity contribution < 1.29 is 4.79 Å². The summed E-state index contributed by atoms with van der Waals surface area (Å²) >= 11 is 0. The van der Waals surface area contributed by atoms with Crippen LogP contribution < -0.4 is 10.6 Å². The van der Waals surface area contributed by atoms with Gasteiger partial charge in [-0.05, 0) is 25.7 Å². The van der Waals surface area contributed by atoms with Crippen molar-refractivity contribution in [3.63, 3.8) is 0 Å². The molecule has 0 bridgehead atoms. The number of amides is 1. The molecule has 2 N–H and O–H groups in total. The van der Waals surface area contributed by atoms with Crippen LogP contribution in [0.1, 0.15) is 72.6 Å². The van der Waals surface area contributed by atoms with E-state index in [0.717, 1.165) is 50.9 Å². The van der Waals surface area contributed by atoms with E-state index < -0.39 is 0 Å². The molecule has 1 unspecified atom stereocenters. The molecular formula is C19H39IN4O. The van der Waals surface area contributed by atoms with E-state index in [4.69, 9.17) is 4.99 Å². The fourth-order valence-electron chi connectivity index (χ4n) is 3.05. The minimum Gasteiger partial charge on any atom is -0.357 e. The van der Waals surface area contributed by atoms with Gasteiger partial charge in [-0.3, -0.25) is 9.79 Å². The molecule has 1 saturated heterocycles. The quantitative estimate of drug-likeness (QED) is 0.223. The molecule has 1 aliphatic heterocycles. The molecule has 1 rings (SSSR count). The van der Waals surface area contributed by atoms with Gasteiger partial charge in [-0.1, -0.05) is 46.5 Å². The largest absolute Gasteiger partial charge is 0.357 e. The molecule has 1 fully saturated rings. The van der Waals surface area contributed by atoms with Crippen LogP contribution >= 0.6 is 24.0 Å². The Morgan fingerprint density at radius 2 is 1.92 bits per heavy atom. The normalized spacial score (nSPS) is 17.6. The monoisotopic (exact) mass is 466 g/mol. The molecule has 0 aromatic rings. The van der Waals surface area contributed by atoms with Gasteiger partial charge in [0.25, 0.3) is 0 Å². The molecule has 0 radical (unpaired) electrons. The minimum atomic E-state index is 0. The number of halogens is 1. The average Bonchev–Trinajstić information content (AvgIpc) is 3.01. The Morgan fingerprint density at radius 1 is 1.20 bits per heavy atom. The lowest BCUT2D eigenvalue weighted by atomic mass is 10.0. The van der Waals surface area contributed by atoms with Gasteiger partial charge in [-0.2, -0.15) is 0 Å². The van der Waals surface area contributed by atoms with Crippen LogP contribution in [0.25, 0.3) is 0 Å². The molecular weight excluding hydrogens is 427 g/mol. The van der Waals surface area contributed by atoms with Gasteiger partial charge in [0.1, 0.15) is 0 Å². The third kappa shape index (κ3) is 10.9. The van der Waals surface area contributed by atoms with Crippen molar-refractivity contribution in [2.75, 3.05) is 26.2 Å². The number of aliphatic imine (C=N–C) groups is 1. The second-order valence-corrected chi connectivity index (χ2v) is 7.18. The maximum atomic E-state index is 11.8. The number of guanidine groups is 1. The number of hydrogen-bond donors (Lipinski definition) is 2. The van der Waals surface area contributed by atoms with Crippen molar-refractivity contribution in [1.82, 2.24) is 15.5 Å².